The van der Waals surface area contributed by atoms with E-state index in [1.807, 2.05) is 13.8 Å². The molecule has 6 heteroatoms. The molecule has 1 unspecified atom stereocenters. The second-order valence-electron chi connectivity index (χ2n) is 5.24. The lowest BCUT2D eigenvalue weighted by molar-refractivity contribution is -0.141. The number of carbonyl (C=O) groups excluding carboxylic acids is 2. The van der Waals surface area contributed by atoms with Crippen LogP contribution in [0.1, 0.15) is 19.4 Å². The number of amides is 1. The maximum atomic E-state index is 12.5. The maximum absolute atomic E-state index is 12.5. The highest BCUT2D eigenvalue weighted by atomic mass is 16.5. The van der Waals surface area contributed by atoms with Crippen molar-refractivity contribution in [2.24, 2.45) is 5.92 Å². The first-order valence-electron chi connectivity index (χ1n) is 6.76. The number of hydrogen-bond donors (Lipinski definition) is 1. The second kappa shape index (κ2) is 6.13. The van der Waals surface area contributed by atoms with E-state index in [2.05, 4.69) is 4.74 Å². The molecular weight excluding hydrogens is 274 g/mol. The summed E-state index contributed by atoms with van der Waals surface area (Å²) in [5.41, 5.74) is 1.12. The van der Waals surface area contributed by atoms with Crippen LogP contribution < -0.4 is 9.64 Å². The first kappa shape index (κ1) is 15.3. The summed E-state index contributed by atoms with van der Waals surface area (Å²) in [5, 5.41) is 9.22. The molecule has 0 saturated heterocycles. The number of aliphatic hydroxyl groups is 1. The fourth-order valence-electron chi connectivity index (χ4n) is 2.21. The molecule has 1 aliphatic heterocycles. The molecule has 1 aromatic rings. The molecule has 1 heterocycles. The van der Waals surface area contributed by atoms with E-state index in [4.69, 9.17) is 4.74 Å². The zero-order valence-corrected chi connectivity index (χ0v) is 12.3. The van der Waals surface area contributed by atoms with E-state index in [-0.39, 0.29) is 25.0 Å². The van der Waals surface area contributed by atoms with E-state index < -0.39 is 12.1 Å². The van der Waals surface area contributed by atoms with Gasteiger partial charge in [0.2, 0.25) is 0 Å². The van der Waals surface area contributed by atoms with Crippen molar-refractivity contribution >= 4 is 17.6 Å². The van der Waals surface area contributed by atoms with Crippen molar-refractivity contribution in [3.8, 4) is 5.75 Å². The van der Waals surface area contributed by atoms with Crippen LogP contribution in [0.2, 0.25) is 0 Å². The lowest BCUT2D eigenvalue weighted by Crippen LogP contribution is -2.50. The van der Waals surface area contributed by atoms with E-state index >= 15 is 0 Å². The van der Waals surface area contributed by atoms with E-state index in [9.17, 15) is 14.7 Å². The van der Waals surface area contributed by atoms with Gasteiger partial charge in [0.25, 0.3) is 5.91 Å². The largest absolute Gasteiger partial charge is 0.478 e. The lowest BCUT2D eigenvalue weighted by atomic mass is 10.0. The van der Waals surface area contributed by atoms with Gasteiger partial charge in [0.05, 0.1) is 19.4 Å². The predicted molar refractivity (Wildman–Crippen MR) is 76.0 cm³/mol. The zero-order chi connectivity index (χ0) is 15.6. The van der Waals surface area contributed by atoms with Crippen LogP contribution in [0.25, 0.3) is 0 Å². The molecule has 21 heavy (non-hydrogen) atoms. The SMILES string of the molecule is COC(=O)CN1C(=O)C(C(C)C)Oc2ccc(CO)cc21. The van der Waals surface area contributed by atoms with Crippen molar-refractivity contribution in [3.05, 3.63) is 23.8 Å². The summed E-state index contributed by atoms with van der Waals surface area (Å²) in [6.07, 6.45) is -0.637. The predicted octanol–water partition coefficient (Wildman–Crippen LogP) is 1.10. The van der Waals surface area contributed by atoms with Gasteiger partial charge >= 0.3 is 5.97 Å². The minimum Gasteiger partial charge on any atom is -0.478 e. The summed E-state index contributed by atoms with van der Waals surface area (Å²) in [6.45, 7) is 3.43. The molecule has 6 nitrogen and oxygen atoms in total. The van der Waals surface area contributed by atoms with Gasteiger partial charge in [0.15, 0.2) is 6.10 Å². The fourth-order valence-corrected chi connectivity index (χ4v) is 2.21. The van der Waals surface area contributed by atoms with Gasteiger partial charge in [-0.2, -0.15) is 0 Å². The summed E-state index contributed by atoms with van der Waals surface area (Å²) in [7, 11) is 1.28. The first-order valence-corrected chi connectivity index (χ1v) is 6.76. The molecule has 0 aromatic heterocycles. The number of aliphatic hydroxyl groups excluding tert-OH is 1. The van der Waals surface area contributed by atoms with Crippen molar-refractivity contribution in [2.45, 2.75) is 26.6 Å². The molecule has 0 fully saturated rings. The number of nitrogens with zero attached hydrogens (tertiary/aromatic N) is 1. The van der Waals surface area contributed by atoms with E-state index in [0.717, 1.165) is 0 Å². The molecule has 1 aromatic carbocycles. The Kier molecular flexibility index (Phi) is 4.47. The molecule has 1 amide bonds. The highest BCUT2D eigenvalue weighted by Crippen LogP contribution is 2.36. The van der Waals surface area contributed by atoms with Crippen LogP contribution in [0, 0.1) is 5.92 Å². The number of benzene rings is 1. The van der Waals surface area contributed by atoms with Crippen LogP contribution in [0.15, 0.2) is 18.2 Å². The normalized spacial score (nSPS) is 17.5. The standard InChI is InChI=1S/C15H19NO5/c1-9(2)14-15(19)16(7-13(18)20-3)11-6-10(8-17)4-5-12(11)21-14/h4-6,9,14,17H,7-8H2,1-3H3. The van der Waals surface area contributed by atoms with Crippen LogP contribution in [-0.4, -0.2) is 36.7 Å². The minimum absolute atomic E-state index is 0.0247. The molecule has 0 spiro atoms. The third-order valence-corrected chi connectivity index (χ3v) is 3.38. The molecule has 0 aliphatic carbocycles. The van der Waals surface area contributed by atoms with Gasteiger partial charge in [0.1, 0.15) is 12.3 Å². The van der Waals surface area contributed by atoms with E-state index in [1.165, 1.54) is 12.0 Å². The molecule has 0 saturated carbocycles. The number of ether oxygens (including phenoxy) is 2. The number of fused-ring (bicyclic) bond motifs is 1. The number of rotatable bonds is 4. The second-order valence-corrected chi connectivity index (χ2v) is 5.24. The Morgan fingerprint density at radius 3 is 2.76 bits per heavy atom. The summed E-state index contributed by atoms with van der Waals surface area (Å²) in [6, 6.07) is 5.07. The van der Waals surface area contributed by atoms with Gasteiger partial charge in [-0.3, -0.25) is 14.5 Å². The monoisotopic (exact) mass is 293 g/mol. The summed E-state index contributed by atoms with van der Waals surface area (Å²) >= 11 is 0. The van der Waals surface area contributed by atoms with Gasteiger partial charge in [0, 0.05) is 0 Å². The van der Waals surface area contributed by atoms with Crippen LogP contribution >= 0.6 is 0 Å². The molecule has 2 rings (SSSR count). The molecule has 1 aliphatic rings. The van der Waals surface area contributed by atoms with Crippen molar-refractivity contribution in [2.75, 3.05) is 18.6 Å². The summed E-state index contributed by atoms with van der Waals surface area (Å²) in [4.78, 5) is 25.4. The molecule has 1 atom stereocenters. The summed E-state index contributed by atoms with van der Waals surface area (Å²) in [5.74, 6) is -0.288. The number of hydrogen-bond acceptors (Lipinski definition) is 5. The quantitative estimate of drug-likeness (QED) is 0.841. The lowest BCUT2D eigenvalue weighted by Gasteiger charge is -2.35. The third-order valence-electron chi connectivity index (χ3n) is 3.38. The van der Waals surface area contributed by atoms with Crippen LogP contribution in [-0.2, 0) is 20.9 Å². The number of anilines is 1. The Morgan fingerprint density at radius 1 is 1.48 bits per heavy atom. The van der Waals surface area contributed by atoms with Crippen molar-refractivity contribution in [1.82, 2.24) is 0 Å². The number of esters is 1. The number of methoxy groups -OCH3 is 1. The Labute approximate surface area is 123 Å². The molecule has 1 N–H and O–H groups in total. The average Bonchev–Trinajstić information content (AvgIpc) is 2.48. The first-order chi connectivity index (χ1) is 9.97. The Balaban J connectivity index is 2.44. The molecule has 0 bridgehead atoms. The minimum atomic E-state index is -0.637. The Bertz CT molecular complexity index is 555. The summed E-state index contributed by atoms with van der Waals surface area (Å²) < 4.78 is 10.4. The highest BCUT2D eigenvalue weighted by molar-refractivity contribution is 6.03. The van der Waals surface area contributed by atoms with Gasteiger partial charge in [-0.05, 0) is 23.6 Å². The van der Waals surface area contributed by atoms with Crippen LogP contribution in [0.5, 0.6) is 5.75 Å². The fraction of sp³-hybridized carbons (Fsp3) is 0.467. The van der Waals surface area contributed by atoms with Gasteiger partial charge in [-0.25, -0.2) is 0 Å². The molecular formula is C15H19NO5. The van der Waals surface area contributed by atoms with Crippen molar-refractivity contribution in [3.63, 3.8) is 0 Å². The zero-order valence-electron chi connectivity index (χ0n) is 12.3. The van der Waals surface area contributed by atoms with Crippen LogP contribution in [0.3, 0.4) is 0 Å². The smallest absolute Gasteiger partial charge is 0.325 e. The van der Waals surface area contributed by atoms with Crippen molar-refractivity contribution < 1.29 is 24.2 Å². The third kappa shape index (κ3) is 3.00. The number of carbonyl (C=O) groups is 2. The van der Waals surface area contributed by atoms with E-state index in [1.54, 1.807) is 18.2 Å². The van der Waals surface area contributed by atoms with Gasteiger partial charge in [-0.1, -0.05) is 19.9 Å². The van der Waals surface area contributed by atoms with Crippen molar-refractivity contribution in [1.29, 1.82) is 0 Å². The topological polar surface area (TPSA) is 76.1 Å². The van der Waals surface area contributed by atoms with Gasteiger partial charge in [-0.15, -0.1) is 0 Å². The molecule has 0 radical (unpaired) electrons. The molecule has 114 valence electrons. The average molecular weight is 293 g/mol. The highest BCUT2D eigenvalue weighted by Gasteiger charge is 2.37. The Morgan fingerprint density at radius 2 is 2.19 bits per heavy atom. The maximum Gasteiger partial charge on any atom is 0.325 e. The van der Waals surface area contributed by atoms with Gasteiger partial charge < -0.3 is 14.6 Å². The van der Waals surface area contributed by atoms with E-state index in [0.29, 0.717) is 17.0 Å². The Hall–Kier alpha value is -2.08. The van der Waals surface area contributed by atoms with Crippen LogP contribution in [0.4, 0.5) is 5.69 Å².